The molecule has 2 fully saturated rings. The SMILES string of the molecule is CC(=O)c1ccc(C)c(N2CCCC3(CN(C)C3)C2)n1. The van der Waals surface area contributed by atoms with Gasteiger partial charge in [0.05, 0.1) is 0 Å². The van der Waals surface area contributed by atoms with Gasteiger partial charge >= 0.3 is 0 Å². The van der Waals surface area contributed by atoms with E-state index in [-0.39, 0.29) is 5.78 Å². The number of nitrogens with zero attached hydrogens (tertiary/aromatic N) is 3. The minimum Gasteiger partial charge on any atom is -0.356 e. The van der Waals surface area contributed by atoms with Crippen molar-refractivity contribution in [2.45, 2.75) is 26.7 Å². The number of hydrogen-bond acceptors (Lipinski definition) is 4. The summed E-state index contributed by atoms with van der Waals surface area (Å²) in [7, 11) is 2.18. The lowest BCUT2D eigenvalue weighted by Crippen LogP contribution is -2.61. The van der Waals surface area contributed by atoms with Crippen LogP contribution in [0.15, 0.2) is 12.1 Å². The second-order valence-electron chi connectivity index (χ2n) is 6.59. The van der Waals surface area contributed by atoms with E-state index in [1.54, 1.807) is 6.92 Å². The second-order valence-corrected chi connectivity index (χ2v) is 6.59. The molecule has 0 aliphatic carbocycles. The van der Waals surface area contributed by atoms with Crippen molar-refractivity contribution in [3.05, 3.63) is 23.4 Å². The lowest BCUT2D eigenvalue weighted by atomic mass is 9.73. The Hall–Kier alpha value is -1.42. The maximum absolute atomic E-state index is 11.5. The van der Waals surface area contributed by atoms with Gasteiger partial charge in [-0.2, -0.15) is 0 Å². The van der Waals surface area contributed by atoms with E-state index in [0.717, 1.165) is 18.9 Å². The van der Waals surface area contributed by atoms with E-state index in [4.69, 9.17) is 0 Å². The molecular weight excluding hydrogens is 250 g/mol. The molecule has 4 nitrogen and oxygen atoms in total. The first-order valence-electron chi connectivity index (χ1n) is 7.41. The van der Waals surface area contributed by atoms with E-state index in [2.05, 4.69) is 28.8 Å². The Labute approximate surface area is 120 Å². The van der Waals surface area contributed by atoms with Gasteiger partial charge in [0.25, 0.3) is 0 Å². The molecule has 108 valence electrons. The van der Waals surface area contributed by atoms with Crippen LogP contribution >= 0.6 is 0 Å². The summed E-state index contributed by atoms with van der Waals surface area (Å²) in [5, 5.41) is 0. The molecule has 2 aliphatic heterocycles. The number of ketones is 1. The van der Waals surface area contributed by atoms with Crippen LogP contribution in [-0.4, -0.2) is 48.9 Å². The lowest BCUT2D eigenvalue weighted by Gasteiger charge is -2.54. The molecule has 3 heterocycles. The van der Waals surface area contributed by atoms with Gasteiger partial charge < -0.3 is 9.80 Å². The van der Waals surface area contributed by atoms with Crippen molar-refractivity contribution in [1.29, 1.82) is 0 Å². The number of pyridine rings is 1. The van der Waals surface area contributed by atoms with Gasteiger partial charge in [0, 0.05) is 38.5 Å². The van der Waals surface area contributed by atoms with Crippen molar-refractivity contribution < 1.29 is 4.79 Å². The van der Waals surface area contributed by atoms with Crippen LogP contribution in [0.25, 0.3) is 0 Å². The van der Waals surface area contributed by atoms with Crippen molar-refractivity contribution in [2.75, 3.05) is 38.1 Å². The molecule has 0 amide bonds. The smallest absolute Gasteiger partial charge is 0.178 e. The molecule has 2 saturated heterocycles. The first kappa shape index (κ1) is 13.6. The third kappa shape index (κ3) is 2.33. The Balaban J connectivity index is 1.85. The molecule has 3 rings (SSSR count). The normalized spacial score (nSPS) is 21.9. The standard InChI is InChI=1S/C16H23N3O/c1-12-5-6-14(13(2)20)17-15(12)19-8-4-7-16(11-19)9-18(3)10-16/h5-6H,4,7-11H2,1-3H3. The predicted octanol–water partition coefficient (Wildman–Crippen LogP) is 2.12. The molecule has 20 heavy (non-hydrogen) atoms. The number of anilines is 1. The third-order valence-corrected chi connectivity index (χ3v) is 4.60. The molecular formula is C16H23N3O. The molecule has 1 aromatic rings. The quantitative estimate of drug-likeness (QED) is 0.773. The van der Waals surface area contributed by atoms with Crippen molar-refractivity contribution >= 4 is 11.6 Å². The van der Waals surface area contributed by atoms with E-state index < -0.39 is 0 Å². The maximum Gasteiger partial charge on any atom is 0.178 e. The zero-order valence-electron chi connectivity index (χ0n) is 12.6. The minimum absolute atomic E-state index is 0.0429. The van der Waals surface area contributed by atoms with Crippen molar-refractivity contribution in [1.82, 2.24) is 9.88 Å². The summed E-state index contributed by atoms with van der Waals surface area (Å²) >= 11 is 0. The van der Waals surface area contributed by atoms with Crippen molar-refractivity contribution in [3.8, 4) is 0 Å². The average Bonchev–Trinajstić information content (AvgIpc) is 2.37. The van der Waals surface area contributed by atoms with E-state index in [1.165, 1.54) is 31.5 Å². The molecule has 0 atom stereocenters. The molecule has 0 saturated carbocycles. The predicted molar refractivity (Wildman–Crippen MR) is 80.4 cm³/mol. The van der Waals surface area contributed by atoms with E-state index >= 15 is 0 Å². The summed E-state index contributed by atoms with van der Waals surface area (Å²) in [4.78, 5) is 20.9. The molecule has 0 unspecified atom stereocenters. The zero-order valence-corrected chi connectivity index (χ0v) is 12.6. The van der Waals surface area contributed by atoms with Crippen LogP contribution in [0.3, 0.4) is 0 Å². The van der Waals surface area contributed by atoms with Gasteiger partial charge in [0.1, 0.15) is 11.5 Å². The number of aryl methyl sites for hydroxylation is 1. The monoisotopic (exact) mass is 273 g/mol. The minimum atomic E-state index is 0.0429. The average molecular weight is 273 g/mol. The van der Waals surface area contributed by atoms with Gasteiger partial charge in [-0.15, -0.1) is 0 Å². The summed E-state index contributed by atoms with van der Waals surface area (Å²) in [6.45, 7) is 8.18. The van der Waals surface area contributed by atoms with E-state index in [0.29, 0.717) is 11.1 Å². The number of piperidine rings is 1. The first-order valence-corrected chi connectivity index (χ1v) is 7.41. The summed E-state index contributed by atoms with van der Waals surface area (Å²) in [6.07, 6.45) is 2.54. The van der Waals surface area contributed by atoms with Crippen molar-refractivity contribution in [2.24, 2.45) is 5.41 Å². The van der Waals surface area contributed by atoms with Gasteiger partial charge in [-0.1, -0.05) is 6.07 Å². The van der Waals surface area contributed by atoms with Crippen molar-refractivity contribution in [3.63, 3.8) is 0 Å². The van der Waals surface area contributed by atoms with Crippen LogP contribution in [-0.2, 0) is 0 Å². The fraction of sp³-hybridized carbons (Fsp3) is 0.625. The second kappa shape index (κ2) is 4.85. The fourth-order valence-corrected chi connectivity index (χ4v) is 3.78. The van der Waals surface area contributed by atoms with Crippen LogP contribution in [0, 0.1) is 12.3 Å². The number of carbonyl (C=O) groups excluding carboxylic acids is 1. The van der Waals surface area contributed by atoms with E-state index in [9.17, 15) is 4.79 Å². The Morgan fingerprint density at radius 1 is 1.30 bits per heavy atom. The number of aromatic nitrogens is 1. The molecule has 4 heteroatoms. The molecule has 2 aliphatic rings. The van der Waals surface area contributed by atoms with Crippen LogP contribution < -0.4 is 4.90 Å². The van der Waals surface area contributed by atoms with Crippen LogP contribution in [0.4, 0.5) is 5.82 Å². The topological polar surface area (TPSA) is 36.4 Å². The highest BCUT2D eigenvalue weighted by atomic mass is 16.1. The molecule has 0 bridgehead atoms. The van der Waals surface area contributed by atoms with Gasteiger partial charge in [0.15, 0.2) is 5.78 Å². The largest absolute Gasteiger partial charge is 0.356 e. The Morgan fingerprint density at radius 3 is 2.70 bits per heavy atom. The highest BCUT2D eigenvalue weighted by Crippen LogP contribution is 2.39. The summed E-state index contributed by atoms with van der Waals surface area (Å²) in [5.74, 6) is 1.05. The third-order valence-electron chi connectivity index (χ3n) is 4.60. The summed E-state index contributed by atoms with van der Waals surface area (Å²) < 4.78 is 0. The highest BCUT2D eigenvalue weighted by Gasteiger charge is 2.44. The Kier molecular flexibility index (Phi) is 3.28. The van der Waals surface area contributed by atoms with Gasteiger partial charge in [0.2, 0.25) is 0 Å². The number of carbonyl (C=O) groups is 1. The summed E-state index contributed by atoms with van der Waals surface area (Å²) in [6, 6.07) is 3.85. The molecule has 1 aromatic heterocycles. The number of likely N-dealkylation sites (tertiary alicyclic amines) is 1. The fourth-order valence-electron chi connectivity index (χ4n) is 3.78. The Morgan fingerprint density at radius 2 is 2.05 bits per heavy atom. The number of rotatable bonds is 2. The maximum atomic E-state index is 11.5. The zero-order chi connectivity index (χ0) is 14.3. The van der Waals surface area contributed by atoms with Gasteiger partial charge in [-0.3, -0.25) is 4.79 Å². The van der Waals surface area contributed by atoms with Gasteiger partial charge in [-0.05, 0) is 38.4 Å². The van der Waals surface area contributed by atoms with Gasteiger partial charge in [-0.25, -0.2) is 4.98 Å². The molecule has 1 spiro atoms. The molecule has 0 N–H and O–H groups in total. The summed E-state index contributed by atoms with van der Waals surface area (Å²) in [5.41, 5.74) is 2.20. The first-order chi connectivity index (χ1) is 9.49. The molecule has 0 aromatic carbocycles. The number of hydrogen-bond donors (Lipinski definition) is 0. The van der Waals surface area contributed by atoms with Crippen LogP contribution in [0.2, 0.25) is 0 Å². The number of Topliss-reactive ketones (excluding diaryl/α,β-unsaturated/α-hetero) is 1. The van der Waals surface area contributed by atoms with Crippen LogP contribution in [0.1, 0.15) is 35.8 Å². The highest BCUT2D eigenvalue weighted by molar-refractivity contribution is 5.92. The van der Waals surface area contributed by atoms with Crippen LogP contribution in [0.5, 0.6) is 0 Å². The molecule has 0 radical (unpaired) electrons. The lowest BCUT2D eigenvalue weighted by molar-refractivity contribution is 0.0100. The Bertz CT molecular complexity index is 529. The van der Waals surface area contributed by atoms with E-state index in [1.807, 2.05) is 12.1 Å².